The van der Waals surface area contributed by atoms with Gasteiger partial charge in [-0.1, -0.05) is 60.7 Å². The van der Waals surface area contributed by atoms with Crippen molar-refractivity contribution in [1.29, 1.82) is 0 Å². The van der Waals surface area contributed by atoms with Gasteiger partial charge < -0.3 is 14.9 Å². The summed E-state index contributed by atoms with van der Waals surface area (Å²) < 4.78 is 11.0. The largest absolute Gasteiger partial charge is 0.493 e. The van der Waals surface area contributed by atoms with Gasteiger partial charge in [0.05, 0.1) is 24.8 Å². The van der Waals surface area contributed by atoms with Crippen molar-refractivity contribution in [1.82, 2.24) is 5.43 Å². The Bertz CT molecular complexity index is 976. The molecule has 29 heavy (non-hydrogen) atoms. The lowest BCUT2D eigenvalue weighted by Gasteiger charge is -2.12. The molecule has 0 aliphatic rings. The second-order valence-electron chi connectivity index (χ2n) is 6.18. The van der Waals surface area contributed by atoms with E-state index in [1.165, 1.54) is 19.4 Å². The number of nitro groups is 1. The Morgan fingerprint density at radius 2 is 1.69 bits per heavy atom. The average molecular weight is 391 g/mol. The maximum atomic E-state index is 11.6. The average Bonchev–Trinajstić information content (AvgIpc) is 2.76. The zero-order valence-electron chi connectivity index (χ0n) is 15.9. The van der Waals surface area contributed by atoms with Gasteiger partial charge in [-0.15, -0.1) is 0 Å². The highest BCUT2D eigenvalue weighted by atomic mass is 16.6. The predicted molar refractivity (Wildman–Crippen MR) is 111 cm³/mol. The Balaban J connectivity index is 1.76. The molecule has 148 valence electrons. The molecule has 0 heterocycles. The number of nitrogens with one attached hydrogen (secondary N) is 1. The standard InChI is InChI=1S/C22H21N3O4/c1-28-21-13-19(15-24-23-14-17-8-4-2-5-9-17)12-20(25(26)27)22(21)29-16-18-10-6-3-7-11-18/h2-13,15,23H,14,16H2,1H3. The second kappa shape index (κ2) is 9.89. The first-order chi connectivity index (χ1) is 14.2. The number of rotatable bonds is 9. The number of nitrogens with zero attached hydrogens (tertiary/aromatic N) is 2. The quantitative estimate of drug-likeness (QED) is 0.334. The zero-order valence-corrected chi connectivity index (χ0v) is 15.9. The lowest BCUT2D eigenvalue weighted by molar-refractivity contribution is -0.386. The fourth-order valence-electron chi connectivity index (χ4n) is 2.70. The Labute approximate surface area is 168 Å². The number of hydrogen-bond donors (Lipinski definition) is 1. The number of benzene rings is 3. The van der Waals surface area contributed by atoms with E-state index in [1.54, 1.807) is 6.07 Å². The highest BCUT2D eigenvalue weighted by Crippen LogP contribution is 2.38. The van der Waals surface area contributed by atoms with Crippen molar-refractivity contribution in [3.8, 4) is 11.5 Å². The molecule has 3 rings (SSSR count). The van der Waals surface area contributed by atoms with Crippen LogP contribution in [-0.4, -0.2) is 18.2 Å². The SMILES string of the molecule is COc1cc(C=NNCc2ccccc2)cc([N+](=O)[O-])c1OCc1ccccc1. The molecule has 7 nitrogen and oxygen atoms in total. The molecule has 0 fully saturated rings. The van der Waals surface area contributed by atoms with Crippen molar-refractivity contribution in [2.24, 2.45) is 5.10 Å². The summed E-state index contributed by atoms with van der Waals surface area (Å²) in [5.74, 6) is 0.371. The molecule has 0 radical (unpaired) electrons. The van der Waals surface area contributed by atoms with Gasteiger partial charge in [-0.25, -0.2) is 0 Å². The maximum Gasteiger partial charge on any atom is 0.315 e. The van der Waals surface area contributed by atoms with E-state index in [0.717, 1.165) is 11.1 Å². The van der Waals surface area contributed by atoms with Crippen LogP contribution in [0.2, 0.25) is 0 Å². The van der Waals surface area contributed by atoms with E-state index in [0.29, 0.717) is 12.1 Å². The summed E-state index contributed by atoms with van der Waals surface area (Å²) in [4.78, 5) is 11.1. The fourth-order valence-corrected chi connectivity index (χ4v) is 2.70. The van der Waals surface area contributed by atoms with Crippen LogP contribution in [0.4, 0.5) is 5.69 Å². The zero-order chi connectivity index (χ0) is 20.5. The van der Waals surface area contributed by atoms with Gasteiger partial charge in [-0.3, -0.25) is 10.1 Å². The summed E-state index contributed by atoms with van der Waals surface area (Å²) >= 11 is 0. The third kappa shape index (κ3) is 5.55. The molecule has 1 N–H and O–H groups in total. The molecule has 0 saturated heterocycles. The molecule has 7 heteroatoms. The van der Waals surface area contributed by atoms with E-state index < -0.39 is 4.92 Å². The van der Waals surface area contributed by atoms with Crippen molar-refractivity contribution < 1.29 is 14.4 Å². The smallest absolute Gasteiger partial charge is 0.315 e. The molecule has 0 aliphatic carbocycles. The normalized spacial score (nSPS) is 10.7. The molecule has 0 unspecified atom stereocenters. The molecule has 0 aromatic heterocycles. The minimum Gasteiger partial charge on any atom is -0.493 e. The van der Waals surface area contributed by atoms with Crippen LogP contribution in [0.1, 0.15) is 16.7 Å². The Kier molecular flexibility index (Phi) is 6.78. The summed E-state index contributed by atoms with van der Waals surface area (Å²) in [5.41, 5.74) is 5.26. The monoisotopic (exact) mass is 391 g/mol. The minimum absolute atomic E-state index is 0.0933. The first-order valence-electron chi connectivity index (χ1n) is 9.00. The van der Waals surface area contributed by atoms with E-state index in [9.17, 15) is 10.1 Å². The van der Waals surface area contributed by atoms with E-state index >= 15 is 0 Å². The van der Waals surface area contributed by atoms with Crippen molar-refractivity contribution in [2.75, 3.05) is 7.11 Å². The van der Waals surface area contributed by atoms with E-state index in [-0.39, 0.29) is 23.8 Å². The molecule has 0 atom stereocenters. The van der Waals surface area contributed by atoms with Crippen molar-refractivity contribution in [3.63, 3.8) is 0 Å². The Hall–Kier alpha value is -3.87. The van der Waals surface area contributed by atoms with Gasteiger partial charge >= 0.3 is 5.69 Å². The molecule has 0 saturated carbocycles. The van der Waals surface area contributed by atoms with Crippen molar-refractivity contribution in [2.45, 2.75) is 13.2 Å². The summed E-state index contributed by atoms with van der Waals surface area (Å²) in [6.45, 7) is 0.749. The first kappa shape index (κ1) is 19.9. The molecule has 0 bridgehead atoms. The molecule has 0 spiro atoms. The van der Waals surface area contributed by atoms with Crippen molar-refractivity contribution in [3.05, 3.63) is 99.6 Å². The molecule has 0 aliphatic heterocycles. The second-order valence-corrected chi connectivity index (χ2v) is 6.18. The van der Waals surface area contributed by atoms with Crippen LogP contribution in [-0.2, 0) is 13.2 Å². The number of hydrogen-bond acceptors (Lipinski definition) is 6. The van der Waals surface area contributed by atoms with Crippen LogP contribution in [0.5, 0.6) is 11.5 Å². The fraction of sp³-hybridized carbons (Fsp3) is 0.136. The van der Waals surface area contributed by atoms with E-state index in [4.69, 9.17) is 9.47 Å². The molecular formula is C22H21N3O4. The highest BCUT2D eigenvalue weighted by Gasteiger charge is 2.22. The number of methoxy groups -OCH3 is 1. The van der Waals surface area contributed by atoms with Gasteiger partial charge in [0.1, 0.15) is 6.61 Å². The lowest BCUT2D eigenvalue weighted by atomic mass is 10.1. The van der Waals surface area contributed by atoms with Gasteiger partial charge in [0.2, 0.25) is 5.75 Å². The van der Waals surface area contributed by atoms with Gasteiger partial charge in [-0.05, 0) is 17.2 Å². The van der Waals surface area contributed by atoms with Crippen LogP contribution in [0.15, 0.2) is 77.9 Å². The molecule has 3 aromatic carbocycles. The molecular weight excluding hydrogens is 370 g/mol. The third-order valence-electron chi connectivity index (χ3n) is 4.13. The van der Waals surface area contributed by atoms with Gasteiger partial charge in [0.15, 0.2) is 5.75 Å². The Morgan fingerprint density at radius 3 is 2.31 bits per heavy atom. The predicted octanol–water partition coefficient (Wildman–Crippen LogP) is 4.31. The van der Waals surface area contributed by atoms with E-state index in [1.807, 2.05) is 60.7 Å². The van der Waals surface area contributed by atoms with Crippen molar-refractivity contribution >= 4 is 11.9 Å². The number of ether oxygens (including phenoxy) is 2. The minimum atomic E-state index is -0.489. The molecule has 0 amide bonds. The highest BCUT2D eigenvalue weighted by molar-refractivity contribution is 5.83. The third-order valence-corrected chi connectivity index (χ3v) is 4.13. The first-order valence-corrected chi connectivity index (χ1v) is 9.00. The number of nitro benzene ring substituents is 1. The van der Waals surface area contributed by atoms with Gasteiger partial charge in [-0.2, -0.15) is 5.10 Å². The summed E-state index contributed by atoms with van der Waals surface area (Å²) in [6, 6.07) is 22.3. The summed E-state index contributed by atoms with van der Waals surface area (Å²) in [7, 11) is 1.45. The summed E-state index contributed by atoms with van der Waals surface area (Å²) in [6.07, 6.45) is 1.51. The van der Waals surface area contributed by atoms with Crippen LogP contribution in [0, 0.1) is 10.1 Å². The van der Waals surface area contributed by atoms with Gasteiger partial charge in [0.25, 0.3) is 0 Å². The topological polar surface area (TPSA) is 86.0 Å². The molecule has 3 aromatic rings. The van der Waals surface area contributed by atoms with Crippen LogP contribution in [0.3, 0.4) is 0 Å². The van der Waals surface area contributed by atoms with Crippen LogP contribution < -0.4 is 14.9 Å². The Morgan fingerprint density at radius 1 is 1.03 bits per heavy atom. The van der Waals surface area contributed by atoms with Crippen LogP contribution >= 0.6 is 0 Å². The summed E-state index contributed by atoms with van der Waals surface area (Å²) in [5, 5.41) is 15.7. The number of hydrazone groups is 1. The van der Waals surface area contributed by atoms with E-state index in [2.05, 4.69) is 10.5 Å². The van der Waals surface area contributed by atoms with Gasteiger partial charge in [0, 0.05) is 11.6 Å². The maximum absolute atomic E-state index is 11.6. The lowest BCUT2D eigenvalue weighted by Crippen LogP contribution is -2.06. The van der Waals surface area contributed by atoms with Crippen LogP contribution in [0.25, 0.3) is 0 Å².